The van der Waals surface area contributed by atoms with Crippen molar-refractivity contribution in [2.45, 2.75) is 0 Å². The van der Waals surface area contributed by atoms with Gasteiger partial charge in [0.05, 0.1) is 28.0 Å². The summed E-state index contributed by atoms with van der Waals surface area (Å²) in [5, 5.41) is 3.17. The number of nitrogens with one attached hydrogen (secondary N) is 1. The Balaban J connectivity index is 1.96. The molecule has 1 N–H and O–H groups in total. The van der Waals surface area contributed by atoms with Gasteiger partial charge in [-0.3, -0.25) is 4.79 Å². The summed E-state index contributed by atoms with van der Waals surface area (Å²) in [6, 6.07) is 6.81. The molecule has 2 heterocycles. The summed E-state index contributed by atoms with van der Waals surface area (Å²) in [5.41, 5.74) is 2.18. The van der Waals surface area contributed by atoms with Crippen molar-refractivity contribution < 1.29 is 4.79 Å². The number of rotatable bonds is 2. The van der Waals surface area contributed by atoms with Crippen LogP contribution in [0.2, 0.25) is 5.02 Å². The lowest BCUT2D eigenvalue weighted by Gasteiger charge is -2.07. The van der Waals surface area contributed by atoms with E-state index in [1.54, 1.807) is 24.3 Å². The van der Waals surface area contributed by atoms with Gasteiger partial charge in [-0.05, 0) is 40.2 Å². The molecule has 2 aromatic heterocycles. The summed E-state index contributed by atoms with van der Waals surface area (Å²) in [4.78, 5) is 16.2. The first-order chi connectivity index (χ1) is 9.65. The molecule has 0 saturated heterocycles. The highest BCUT2D eigenvalue weighted by molar-refractivity contribution is 9.10. The second-order valence-corrected chi connectivity index (χ2v) is 5.63. The van der Waals surface area contributed by atoms with Crippen LogP contribution in [-0.4, -0.2) is 19.6 Å². The minimum absolute atomic E-state index is 0.299. The Bertz CT molecular complexity index is 790. The lowest BCUT2D eigenvalue weighted by Crippen LogP contribution is -2.12. The minimum atomic E-state index is -0.299. The van der Waals surface area contributed by atoms with E-state index >= 15 is 0 Å². The molecule has 100 valence electrons. The Labute approximate surface area is 131 Å². The first-order valence-corrected chi connectivity index (χ1v) is 7.39. The number of halogens is 2. The summed E-state index contributed by atoms with van der Waals surface area (Å²) < 4.78 is 8.93. The molecule has 8 heteroatoms. The van der Waals surface area contributed by atoms with Crippen molar-refractivity contribution in [3.8, 4) is 0 Å². The van der Waals surface area contributed by atoms with E-state index in [0.717, 1.165) is 11.7 Å². The topological polar surface area (TPSA) is 67.8 Å². The van der Waals surface area contributed by atoms with Crippen LogP contribution in [0, 0.1) is 0 Å². The normalized spacial score (nSPS) is 10.7. The van der Waals surface area contributed by atoms with Gasteiger partial charge in [0.2, 0.25) is 0 Å². The highest BCUT2D eigenvalue weighted by Crippen LogP contribution is 2.30. The molecule has 0 aliphatic heterocycles. The largest absolute Gasteiger partial charge is 0.319 e. The van der Waals surface area contributed by atoms with Gasteiger partial charge >= 0.3 is 0 Å². The third-order valence-electron chi connectivity index (χ3n) is 2.61. The van der Waals surface area contributed by atoms with Gasteiger partial charge < -0.3 is 5.32 Å². The fraction of sp³-hybridized carbons (Fsp3) is 0. The molecule has 0 saturated carbocycles. The molecule has 1 aromatic carbocycles. The fourth-order valence-electron chi connectivity index (χ4n) is 1.64. The number of carbonyl (C=O) groups is 1. The highest BCUT2D eigenvalue weighted by Gasteiger charge is 2.14. The Kier molecular flexibility index (Phi) is 3.64. The third kappa shape index (κ3) is 2.52. The quantitative estimate of drug-likeness (QED) is 0.699. The molecule has 0 bridgehead atoms. The summed E-state index contributed by atoms with van der Waals surface area (Å²) in [6.07, 6.45) is 1.48. The Hall–Kier alpha value is -1.57. The molecular weight excluding hydrogens is 364 g/mol. The van der Waals surface area contributed by atoms with Crippen LogP contribution < -0.4 is 5.32 Å². The van der Waals surface area contributed by atoms with Gasteiger partial charge in [-0.25, -0.2) is 4.98 Å². The second kappa shape index (κ2) is 5.43. The van der Waals surface area contributed by atoms with Crippen LogP contribution in [0.1, 0.15) is 10.4 Å². The van der Waals surface area contributed by atoms with E-state index in [1.165, 1.54) is 6.20 Å². The van der Waals surface area contributed by atoms with Gasteiger partial charge in [0, 0.05) is 6.20 Å². The van der Waals surface area contributed by atoms with Gasteiger partial charge in [-0.1, -0.05) is 11.6 Å². The van der Waals surface area contributed by atoms with Crippen molar-refractivity contribution in [3.63, 3.8) is 0 Å². The minimum Gasteiger partial charge on any atom is -0.319 e. The lowest BCUT2D eigenvalue weighted by molar-refractivity contribution is 0.102. The Morgan fingerprint density at radius 3 is 2.85 bits per heavy atom. The summed E-state index contributed by atoms with van der Waals surface area (Å²) in [7, 11) is 0. The van der Waals surface area contributed by atoms with E-state index in [0.29, 0.717) is 31.9 Å². The van der Waals surface area contributed by atoms with Crippen molar-refractivity contribution in [3.05, 3.63) is 45.7 Å². The molecule has 0 fully saturated rings. The van der Waals surface area contributed by atoms with Crippen LogP contribution >= 0.6 is 39.3 Å². The van der Waals surface area contributed by atoms with Gasteiger partial charge in [-0.2, -0.15) is 8.75 Å². The number of amides is 1. The summed E-state index contributed by atoms with van der Waals surface area (Å²) >= 11 is 10.4. The number of carbonyl (C=O) groups excluding carboxylic acids is 1. The SMILES string of the molecule is O=C(Nc1c(Cl)ccc2nsnc12)c1ccc(Br)nc1. The van der Waals surface area contributed by atoms with Gasteiger partial charge in [0.25, 0.3) is 5.91 Å². The predicted octanol–water partition coefficient (Wildman–Crippen LogP) is 3.75. The number of aromatic nitrogens is 3. The van der Waals surface area contributed by atoms with Crippen LogP contribution in [0.15, 0.2) is 35.1 Å². The average molecular weight is 370 g/mol. The molecule has 0 unspecified atom stereocenters. The van der Waals surface area contributed by atoms with Crippen molar-refractivity contribution in [2.24, 2.45) is 0 Å². The molecule has 3 aromatic rings. The van der Waals surface area contributed by atoms with E-state index in [9.17, 15) is 4.79 Å². The molecule has 3 rings (SSSR count). The number of pyridine rings is 1. The van der Waals surface area contributed by atoms with Crippen LogP contribution in [0.4, 0.5) is 5.69 Å². The second-order valence-electron chi connectivity index (χ2n) is 3.88. The van der Waals surface area contributed by atoms with E-state index in [2.05, 4.69) is 35.0 Å². The Morgan fingerprint density at radius 2 is 2.10 bits per heavy atom. The van der Waals surface area contributed by atoms with E-state index in [1.807, 2.05) is 0 Å². The summed E-state index contributed by atoms with van der Waals surface area (Å²) in [6.45, 7) is 0. The number of hydrogen-bond donors (Lipinski definition) is 1. The van der Waals surface area contributed by atoms with Crippen molar-refractivity contribution in [2.75, 3.05) is 5.32 Å². The zero-order valence-corrected chi connectivity index (χ0v) is 13.0. The molecule has 1 amide bonds. The zero-order valence-electron chi connectivity index (χ0n) is 9.80. The van der Waals surface area contributed by atoms with E-state index in [-0.39, 0.29) is 5.91 Å². The number of fused-ring (bicyclic) bond motifs is 1. The van der Waals surface area contributed by atoms with Crippen molar-refractivity contribution >= 4 is 61.9 Å². The first kappa shape index (κ1) is 13.4. The van der Waals surface area contributed by atoms with Crippen LogP contribution in [0.25, 0.3) is 11.0 Å². The molecule has 0 aliphatic carbocycles. The van der Waals surface area contributed by atoms with Gasteiger partial charge in [-0.15, -0.1) is 0 Å². The number of anilines is 1. The van der Waals surface area contributed by atoms with Crippen LogP contribution in [0.3, 0.4) is 0 Å². The van der Waals surface area contributed by atoms with Gasteiger partial charge in [0.15, 0.2) is 0 Å². The fourth-order valence-corrected chi connectivity index (χ4v) is 2.62. The number of hydrogen-bond acceptors (Lipinski definition) is 5. The van der Waals surface area contributed by atoms with Crippen LogP contribution in [0.5, 0.6) is 0 Å². The molecule has 0 aliphatic rings. The summed E-state index contributed by atoms with van der Waals surface area (Å²) in [5.74, 6) is -0.299. The molecule has 0 radical (unpaired) electrons. The molecule has 20 heavy (non-hydrogen) atoms. The highest BCUT2D eigenvalue weighted by atomic mass is 79.9. The zero-order chi connectivity index (χ0) is 14.1. The van der Waals surface area contributed by atoms with E-state index < -0.39 is 0 Å². The monoisotopic (exact) mass is 368 g/mol. The van der Waals surface area contributed by atoms with Crippen molar-refractivity contribution in [1.82, 2.24) is 13.7 Å². The third-order valence-corrected chi connectivity index (χ3v) is 3.93. The smallest absolute Gasteiger partial charge is 0.257 e. The molecule has 0 spiro atoms. The number of nitrogens with zero attached hydrogens (tertiary/aromatic N) is 3. The standard InChI is InChI=1S/C12H6BrClN4OS/c13-9-4-1-6(5-15-9)12(19)16-10-7(14)2-3-8-11(10)18-20-17-8/h1-5H,(H,16,19). The average Bonchev–Trinajstić information content (AvgIpc) is 2.91. The molecular formula is C12H6BrClN4OS. The van der Waals surface area contributed by atoms with Crippen molar-refractivity contribution in [1.29, 1.82) is 0 Å². The van der Waals surface area contributed by atoms with Crippen LogP contribution in [-0.2, 0) is 0 Å². The van der Waals surface area contributed by atoms with Gasteiger partial charge in [0.1, 0.15) is 15.6 Å². The lowest BCUT2D eigenvalue weighted by atomic mass is 10.2. The maximum atomic E-state index is 12.2. The number of benzene rings is 1. The maximum Gasteiger partial charge on any atom is 0.257 e. The predicted molar refractivity (Wildman–Crippen MR) is 82.3 cm³/mol. The molecule has 0 atom stereocenters. The Morgan fingerprint density at radius 1 is 1.25 bits per heavy atom. The first-order valence-electron chi connectivity index (χ1n) is 5.49. The van der Waals surface area contributed by atoms with E-state index in [4.69, 9.17) is 11.6 Å². The molecule has 5 nitrogen and oxygen atoms in total. The maximum absolute atomic E-state index is 12.2.